The molecule has 6 atom stereocenters. The first-order chi connectivity index (χ1) is 30.9. The van der Waals surface area contributed by atoms with E-state index in [1.54, 1.807) is 0 Å². The van der Waals surface area contributed by atoms with Crippen molar-refractivity contribution >= 4 is 45.4 Å². The maximum atomic E-state index is 14.1. The Labute approximate surface area is 376 Å². The zero-order chi connectivity index (χ0) is 45.6. The Bertz CT molecular complexity index is 2260. The maximum absolute atomic E-state index is 14.1. The summed E-state index contributed by atoms with van der Waals surface area (Å²) in [5.41, 5.74) is 5.93. The van der Waals surface area contributed by atoms with E-state index in [1.165, 1.54) is 0 Å². The summed E-state index contributed by atoms with van der Waals surface area (Å²) in [6, 6.07) is 30.8. The number of benzene rings is 4. The second-order valence-corrected chi connectivity index (χ2v) is 17.6. The van der Waals surface area contributed by atoms with Gasteiger partial charge in [0.05, 0.1) is 12.1 Å². The molecule has 0 saturated carbocycles. The molecule has 4 aromatic carbocycles. The molecule has 6 rings (SSSR count). The van der Waals surface area contributed by atoms with E-state index in [0.29, 0.717) is 25.7 Å². The van der Waals surface area contributed by atoms with Gasteiger partial charge in [-0.05, 0) is 84.7 Å². The predicted molar refractivity (Wildman–Crippen MR) is 252 cm³/mol. The second kappa shape index (κ2) is 22.9. The van der Waals surface area contributed by atoms with Gasteiger partial charge >= 0.3 is 0 Å². The Morgan fingerprint density at radius 2 is 0.859 bits per heavy atom. The molecule has 0 aliphatic rings. The zero-order valence-electron chi connectivity index (χ0n) is 37.4. The fourth-order valence-electron chi connectivity index (χ4n) is 8.39. The standard InChI is InChI=1S/C52H64N6O6/c1-33(2)47(57-45(59)27-15-21-37-31-53-41-25-13-11-23-39(37)41)51(63)55-43(29-35-17-7-5-8-18-35)49(61)50(62)44(30-36-19-9-6-10-20-36)56-52(64)48(34(3)4)58-46(60)28-16-22-38-32-54-42-26-14-12-24-40(38)42/h5-14,17-20,23-26,31-34,43-44,47-50,53-54,61-62H,15-16,21-22,27-30H2,1-4H3,(H,55,63)(H,56,64)(H,57,59)(H,58,60)/t43-,44-,47-,48-,49+,50+/m0/s1. The summed E-state index contributed by atoms with van der Waals surface area (Å²) in [4.78, 5) is 61.4. The predicted octanol–water partition coefficient (Wildman–Crippen LogP) is 6.45. The Kier molecular flexibility index (Phi) is 16.9. The van der Waals surface area contributed by atoms with Crippen LogP contribution < -0.4 is 21.3 Å². The van der Waals surface area contributed by atoms with E-state index in [4.69, 9.17) is 0 Å². The van der Waals surface area contributed by atoms with Crippen molar-refractivity contribution in [2.45, 2.75) is 115 Å². The number of hydrogen-bond donors (Lipinski definition) is 8. The van der Waals surface area contributed by atoms with E-state index in [0.717, 1.165) is 44.1 Å². The molecule has 0 unspecified atom stereocenters. The van der Waals surface area contributed by atoms with Crippen molar-refractivity contribution < 1.29 is 29.4 Å². The number of nitrogens with one attached hydrogen (secondary N) is 6. The summed E-state index contributed by atoms with van der Waals surface area (Å²) in [6.07, 6.45) is 4.11. The van der Waals surface area contributed by atoms with E-state index in [-0.39, 0.29) is 49.3 Å². The number of aliphatic hydroxyl groups is 2. The third-order valence-corrected chi connectivity index (χ3v) is 12.0. The second-order valence-electron chi connectivity index (χ2n) is 17.6. The first-order valence-corrected chi connectivity index (χ1v) is 22.6. The molecule has 0 aliphatic carbocycles. The number of aromatic nitrogens is 2. The van der Waals surface area contributed by atoms with Gasteiger partial charge in [0.15, 0.2) is 0 Å². The summed E-state index contributed by atoms with van der Waals surface area (Å²) in [6.45, 7) is 7.36. The largest absolute Gasteiger partial charge is 0.388 e. The topological polar surface area (TPSA) is 188 Å². The lowest BCUT2D eigenvalue weighted by molar-refractivity contribution is -0.133. The smallest absolute Gasteiger partial charge is 0.243 e. The Morgan fingerprint density at radius 3 is 1.23 bits per heavy atom. The van der Waals surface area contributed by atoms with E-state index in [9.17, 15) is 29.4 Å². The number of carbonyl (C=O) groups is 4. The van der Waals surface area contributed by atoms with Gasteiger partial charge in [0.2, 0.25) is 23.6 Å². The molecule has 64 heavy (non-hydrogen) atoms. The highest BCUT2D eigenvalue weighted by Crippen LogP contribution is 2.22. The third kappa shape index (κ3) is 12.9. The van der Waals surface area contributed by atoms with E-state index in [2.05, 4.69) is 31.2 Å². The summed E-state index contributed by atoms with van der Waals surface area (Å²) in [5, 5.41) is 38.2. The number of para-hydroxylation sites is 2. The molecule has 0 spiro atoms. The van der Waals surface area contributed by atoms with Crippen LogP contribution in [0.3, 0.4) is 0 Å². The monoisotopic (exact) mass is 868 g/mol. The molecule has 0 bridgehead atoms. The van der Waals surface area contributed by atoms with Crippen LogP contribution in [0.15, 0.2) is 122 Å². The zero-order valence-corrected chi connectivity index (χ0v) is 37.4. The molecular formula is C52H64N6O6. The van der Waals surface area contributed by atoms with Crippen LogP contribution in [0.2, 0.25) is 0 Å². The first-order valence-electron chi connectivity index (χ1n) is 22.6. The number of carbonyl (C=O) groups excluding carboxylic acids is 4. The number of H-pyrrole nitrogens is 2. The quantitative estimate of drug-likeness (QED) is 0.0365. The Balaban J connectivity index is 1.13. The molecule has 12 heteroatoms. The average Bonchev–Trinajstić information content (AvgIpc) is 3.91. The minimum absolute atomic E-state index is 0.156. The van der Waals surface area contributed by atoms with Crippen molar-refractivity contribution in [1.82, 2.24) is 31.2 Å². The van der Waals surface area contributed by atoms with Crippen LogP contribution in [0, 0.1) is 11.8 Å². The van der Waals surface area contributed by atoms with Crippen LogP contribution in [0.4, 0.5) is 0 Å². The van der Waals surface area contributed by atoms with Crippen molar-refractivity contribution in [2.24, 2.45) is 11.8 Å². The highest BCUT2D eigenvalue weighted by Gasteiger charge is 2.37. The van der Waals surface area contributed by atoms with Gasteiger partial charge in [-0.25, -0.2) is 0 Å². The number of aliphatic hydroxyl groups excluding tert-OH is 2. The molecule has 0 radical (unpaired) electrons. The van der Waals surface area contributed by atoms with Crippen molar-refractivity contribution in [2.75, 3.05) is 0 Å². The van der Waals surface area contributed by atoms with Crippen LogP contribution >= 0.6 is 0 Å². The molecule has 8 N–H and O–H groups in total. The number of aryl methyl sites for hydroxylation is 2. The number of rotatable bonds is 23. The van der Waals surface area contributed by atoms with E-state index in [1.807, 2.05) is 149 Å². The lowest BCUT2D eigenvalue weighted by Crippen LogP contribution is -2.61. The summed E-state index contributed by atoms with van der Waals surface area (Å²) in [7, 11) is 0. The first kappa shape index (κ1) is 47.2. The van der Waals surface area contributed by atoms with Gasteiger partial charge in [0, 0.05) is 47.0 Å². The summed E-state index contributed by atoms with van der Waals surface area (Å²) in [5.74, 6) is -2.11. The minimum Gasteiger partial charge on any atom is -0.388 e. The molecule has 0 fully saturated rings. The SMILES string of the molecule is CC(C)[C@H](NC(=O)CCCc1c[nH]c2ccccc12)C(=O)N[C@@H](Cc1ccccc1)[C@@H](O)[C@H](O)[C@H](Cc1ccccc1)NC(=O)[C@@H](NC(=O)CCCc1c[nH]c2ccccc12)C(C)C. The fourth-order valence-corrected chi connectivity index (χ4v) is 8.39. The van der Waals surface area contributed by atoms with Crippen molar-refractivity contribution in [3.05, 3.63) is 144 Å². The third-order valence-electron chi connectivity index (χ3n) is 12.0. The lowest BCUT2D eigenvalue weighted by Gasteiger charge is -2.35. The van der Waals surface area contributed by atoms with Crippen LogP contribution in [0.25, 0.3) is 21.8 Å². The number of amides is 4. The van der Waals surface area contributed by atoms with Gasteiger partial charge < -0.3 is 41.4 Å². The summed E-state index contributed by atoms with van der Waals surface area (Å²) < 4.78 is 0. The molecule has 0 aliphatic heterocycles. The van der Waals surface area contributed by atoms with Gasteiger partial charge in [0.25, 0.3) is 0 Å². The summed E-state index contributed by atoms with van der Waals surface area (Å²) >= 11 is 0. The normalized spacial score (nSPS) is 14.4. The molecule has 338 valence electrons. The number of hydrogen-bond acceptors (Lipinski definition) is 6. The molecule has 4 amide bonds. The van der Waals surface area contributed by atoms with Gasteiger partial charge in [-0.3, -0.25) is 19.2 Å². The van der Waals surface area contributed by atoms with Crippen molar-refractivity contribution in [3.8, 4) is 0 Å². The van der Waals surface area contributed by atoms with Crippen molar-refractivity contribution in [1.29, 1.82) is 0 Å². The molecule has 6 aromatic rings. The molecule has 0 saturated heterocycles. The lowest BCUT2D eigenvalue weighted by atomic mass is 9.90. The fraction of sp³-hybridized carbons (Fsp3) is 0.385. The molecule has 12 nitrogen and oxygen atoms in total. The van der Waals surface area contributed by atoms with Crippen molar-refractivity contribution in [3.63, 3.8) is 0 Å². The maximum Gasteiger partial charge on any atom is 0.243 e. The van der Waals surface area contributed by atoms with Gasteiger partial charge in [-0.15, -0.1) is 0 Å². The average molecular weight is 869 g/mol. The molecule has 2 aromatic heterocycles. The highest BCUT2D eigenvalue weighted by molar-refractivity contribution is 5.89. The van der Waals surface area contributed by atoms with Crippen LogP contribution in [0.5, 0.6) is 0 Å². The molecule has 2 heterocycles. The number of aromatic amines is 2. The number of fused-ring (bicyclic) bond motifs is 2. The Morgan fingerprint density at radius 1 is 0.500 bits per heavy atom. The van der Waals surface area contributed by atoms with Crippen LogP contribution in [-0.4, -0.2) is 80.2 Å². The van der Waals surface area contributed by atoms with E-state index < -0.39 is 48.2 Å². The Hall–Kier alpha value is -6.24. The van der Waals surface area contributed by atoms with Crippen LogP contribution in [0.1, 0.15) is 75.6 Å². The van der Waals surface area contributed by atoms with Gasteiger partial charge in [-0.2, -0.15) is 0 Å². The highest BCUT2D eigenvalue weighted by atomic mass is 16.3. The van der Waals surface area contributed by atoms with E-state index >= 15 is 0 Å². The van der Waals surface area contributed by atoms with Crippen LogP contribution in [-0.2, 0) is 44.9 Å². The minimum atomic E-state index is -1.56. The van der Waals surface area contributed by atoms with Gasteiger partial charge in [-0.1, -0.05) is 125 Å². The van der Waals surface area contributed by atoms with Gasteiger partial charge in [0.1, 0.15) is 24.3 Å². The molecular weight excluding hydrogens is 805 g/mol.